The van der Waals surface area contributed by atoms with E-state index in [2.05, 4.69) is 181 Å². The zero-order valence-electron chi connectivity index (χ0n) is 26.4. The molecule has 0 atom stereocenters. The lowest BCUT2D eigenvalue weighted by atomic mass is 9.75. The Kier molecular flexibility index (Phi) is 5.37. The third kappa shape index (κ3) is 3.67. The Balaban J connectivity index is 1.30. The molecule has 222 valence electrons. The summed E-state index contributed by atoms with van der Waals surface area (Å²) in [5, 5.41) is 10.0. The Bertz CT molecular complexity index is 2730. The van der Waals surface area contributed by atoms with Crippen LogP contribution in [0.3, 0.4) is 0 Å². The molecule has 2 nitrogen and oxygen atoms in total. The van der Waals surface area contributed by atoms with Gasteiger partial charge in [0.05, 0.1) is 22.4 Å². The summed E-state index contributed by atoms with van der Waals surface area (Å²) in [5.41, 5.74) is 9.93. The molecule has 9 aromatic rings. The highest BCUT2D eigenvalue weighted by Gasteiger charge is 2.35. The molecule has 1 aliphatic heterocycles. The normalized spacial score (nSPS) is 13.5. The largest absolute Gasteiger partial charge is 0.310 e. The van der Waals surface area contributed by atoms with Gasteiger partial charge in [0.15, 0.2) is 0 Å². The summed E-state index contributed by atoms with van der Waals surface area (Å²) in [6.07, 6.45) is 0. The van der Waals surface area contributed by atoms with Gasteiger partial charge in [0.1, 0.15) is 0 Å². The summed E-state index contributed by atoms with van der Waals surface area (Å²) in [4.78, 5) is 2.46. The molecule has 0 unspecified atom stereocenters. The van der Waals surface area contributed by atoms with Crippen LogP contribution in [-0.4, -0.2) is 4.57 Å². The highest BCUT2D eigenvalue weighted by Crippen LogP contribution is 2.49. The van der Waals surface area contributed by atoms with Crippen molar-refractivity contribution in [2.24, 2.45) is 0 Å². The zero-order valence-corrected chi connectivity index (χ0v) is 26.4. The summed E-state index contributed by atoms with van der Waals surface area (Å²) >= 11 is 0. The third-order valence-corrected chi connectivity index (χ3v) is 10.5. The first-order chi connectivity index (χ1) is 23.1. The molecule has 0 amide bonds. The Labute approximate surface area is 273 Å². The number of rotatable bonds is 3. The summed E-state index contributed by atoms with van der Waals surface area (Å²) in [6.45, 7) is 4.72. The minimum absolute atomic E-state index is 0.0928. The minimum Gasteiger partial charge on any atom is -0.310 e. The Morgan fingerprint density at radius 2 is 1.09 bits per heavy atom. The predicted octanol–water partition coefficient (Wildman–Crippen LogP) is 12.4. The summed E-state index contributed by atoms with van der Waals surface area (Å²) in [7, 11) is 0. The first-order valence-electron chi connectivity index (χ1n) is 16.4. The van der Waals surface area contributed by atoms with Crippen molar-refractivity contribution in [3.8, 4) is 5.69 Å². The number of fused-ring (bicyclic) bond motifs is 9. The molecule has 2 heterocycles. The minimum atomic E-state index is -0.0928. The number of benzene rings is 8. The van der Waals surface area contributed by atoms with Crippen LogP contribution in [0.15, 0.2) is 158 Å². The Morgan fingerprint density at radius 1 is 0.447 bits per heavy atom. The molecule has 0 saturated heterocycles. The maximum atomic E-state index is 2.50. The van der Waals surface area contributed by atoms with E-state index in [9.17, 15) is 0 Å². The predicted molar refractivity (Wildman–Crippen MR) is 200 cm³/mol. The second-order valence-corrected chi connectivity index (χ2v) is 13.4. The number of para-hydroxylation sites is 2. The SMILES string of the molecule is CC1(C)c2ccccc2-n2c3ccc(N(c4ccc5ccccc5c4)c4cc5ccccc5c5ccccc45)cc3c3cccc1c32. The van der Waals surface area contributed by atoms with Crippen molar-refractivity contribution in [1.82, 2.24) is 4.57 Å². The van der Waals surface area contributed by atoms with Crippen molar-refractivity contribution in [1.29, 1.82) is 0 Å². The van der Waals surface area contributed by atoms with E-state index >= 15 is 0 Å². The van der Waals surface area contributed by atoms with Crippen LogP contribution in [0.1, 0.15) is 25.0 Å². The number of hydrogen-bond acceptors (Lipinski definition) is 1. The monoisotopic (exact) mass is 600 g/mol. The van der Waals surface area contributed by atoms with E-state index in [4.69, 9.17) is 0 Å². The standard InChI is InChI=1S/C45H32N2/c1-45(2)39-19-9-10-21-42(39)47-41-25-24-33(28-38(41)37-18-11-20-40(45)44(37)47)46(32-23-22-29-12-3-4-13-30(29)26-32)43-27-31-14-5-6-15-34(31)35-16-7-8-17-36(35)43/h3-28H,1-2H3. The quantitative estimate of drug-likeness (QED) is 0.183. The molecular formula is C45H32N2. The lowest BCUT2D eigenvalue weighted by Gasteiger charge is -2.34. The van der Waals surface area contributed by atoms with Gasteiger partial charge in [-0.3, -0.25) is 0 Å². The second kappa shape index (κ2) is 9.57. The number of anilines is 3. The van der Waals surface area contributed by atoms with Crippen LogP contribution in [0.2, 0.25) is 0 Å². The molecule has 0 spiro atoms. The van der Waals surface area contributed by atoms with Crippen molar-refractivity contribution in [3.63, 3.8) is 0 Å². The highest BCUT2D eigenvalue weighted by molar-refractivity contribution is 6.16. The fraction of sp³-hybridized carbons (Fsp3) is 0.0667. The van der Waals surface area contributed by atoms with E-state index in [1.54, 1.807) is 0 Å². The molecular weight excluding hydrogens is 569 g/mol. The molecule has 10 rings (SSSR count). The van der Waals surface area contributed by atoms with Crippen LogP contribution in [0.25, 0.3) is 59.8 Å². The number of nitrogens with zero attached hydrogens (tertiary/aromatic N) is 2. The van der Waals surface area contributed by atoms with Crippen LogP contribution in [0, 0.1) is 0 Å². The maximum Gasteiger partial charge on any atom is 0.0582 e. The number of aromatic nitrogens is 1. The van der Waals surface area contributed by atoms with Crippen molar-refractivity contribution in [2.75, 3.05) is 4.90 Å². The van der Waals surface area contributed by atoms with Gasteiger partial charge in [-0.25, -0.2) is 0 Å². The van der Waals surface area contributed by atoms with Gasteiger partial charge >= 0.3 is 0 Å². The molecule has 8 aromatic carbocycles. The third-order valence-electron chi connectivity index (χ3n) is 10.5. The first kappa shape index (κ1) is 26.4. The van der Waals surface area contributed by atoms with Crippen molar-refractivity contribution >= 4 is 71.2 Å². The average Bonchev–Trinajstić information content (AvgIpc) is 3.45. The summed E-state index contributed by atoms with van der Waals surface area (Å²) in [6, 6.07) is 58.3. The lowest BCUT2D eigenvalue weighted by Crippen LogP contribution is -2.26. The number of hydrogen-bond donors (Lipinski definition) is 0. The molecule has 1 aromatic heterocycles. The first-order valence-corrected chi connectivity index (χ1v) is 16.4. The fourth-order valence-corrected chi connectivity index (χ4v) is 8.26. The van der Waals surface area contributed by atoms with Crippen LogP contribution in [0.5, 0.6) is 0 Å². The summed E-state index contributed by atoms with van der Waals surface area (Å²) < 4.78 is 2.50. The van der Waals surface area contributed by atoms with Gasteiger partial charge in [-0.1, -0.05) is 129 Å². The van der Waals surface area contributed by atoms with Crippen molar-refractivity contribution in [2.45, 2.75) is 19.3 Å². The van der Waals surface area contributed by atoms with Gasteiger partial charge in [-0.2, -0.15) is 0 Å². The van der Waals surface area contributed by atoms with Gasteiger partial charge in [0.25, 0.3) is 0 Å². The van der Waals surface area contributed by atoms with Gasteiger partial charge in [-0.05, 0) is 80.5 Å². The van der Waals surface area contributed by atoms with Gasteiger partial charge < -0.3 is 9.47 Å². The molecule has 0 N–H and O–H groups in total. The van der Waals surface area contributed by atoms with Crippen LogP contribution in [0.4, 0.5) is 17.1 Å². The van der Waals surface area contributed by atoms with Gasteiger partial charge in [-0.15, -0.1) is 0 Å². The Hall–Kier alpha value is -5.86. The zero-order chi connectivity index (χ0) is 31.3. The van der Waals surface area contributed by atoms with E-state index < -0.39 is 0 Å². The summed E-state index contributed by atoms with van der Waals surface area (Å²) in [5.74, 6) is 0. The van der Waals surface area contributed by atoms with E-state index in [0.29, 0.717) is 0 Å². The second-order valence-electron chi connectivity index (χ2n) is 13.4. The Morgan fingerprint density at radius 3 is 1.96 bits per heavy atom. The van der Waals surface area contributed by atoms with Gasteiger partial charge in [0.2, 0.25) is 0 Å². The van der Waals surface area contributed by atoms with E-state index in [-0.39, 0.29) is 5.41 Å². The van der Waals surface area contributed by atoms with Gasteiger partial charge in [0, 0.05) is 32.9 Å². The highest BCUT2D eigenvalue weighted by atomic mass is 15.1. The lowest BCUT2D eigenvalue weighted by molar-refractivity contribution is 0.630. The molecule has 47 heavy (non-hydrogen) atoms. The molecule has 0 fully saturated rings. The van der Waals surface area contributed by atoms with Crippen molar-refractivity contribution < 1.29 is 0 Å². The van der Waals surface area contributed by atoms with E-state index in [0.717, 1.165) is 11.4 Å². The molecule has 0 aliphatic carbocycles. The molecule has 0 saturated carbocycles. The fourth-order valence-electron chi connectivity index (χ4n) is 8.26. The maximum absolute atomic E-state index is 2.50. The molecule has 1 aliphatic rings. The smallest absolute Gasteiger partial charge is 0.0582 e. The van der Waals surface area contributed by atoms with Crippen LogP contribution in [-0.2, 0) is 5.41 Å². The van der Waals surface area contributed by atoms with Crippen LogP contribution < -0.4 is 4.90 Å². The molecule has 0 radical (unpaired) electrons. The molecule has 2 heteroatoms. The molecule has 0 bridgehead atoms. The van der Waals surface area contributed by atoms with Crippen LogP contribution >= 0.6 is 0 Å². The van der Waals surface area contributed by atoms with E-state index in [1.807, 2.05) is 0 Å². The average molecular weight is 601 g/mol. The topological polar surface area (TPSA) is 8.17 Å². The van der Waals surface area contributed by atoms with E-state index in [1.165, 1.54) is 76.6 Å². The van der Waals surface area contributed by atoms with Crippen molar-refractivity contribution in [3.05, 3.63) is 169 Å².